The van der Waals surface area contributed by atoms with Gasteiger partial charge in [-0.05, 0) is 19.8 Å². The molecule has 0 aliphatic carbocycles. The minimum atomic E-state index is 0.341. The number of ether oxygens (including phenoxy) is 1. The van der Waals surface area contributed by atoms with Gasteiger partial charge in [0.15, 0.2) is 0 Å². The molecule has 19 heavy (non-hydrogen) atoms. The molecule has 1 fully saturated rings. The second kappa shape index (κ2) is 6.70. The monoisotopic (exact) mass is 264 g/mol. The van der Waals surface area contributed by atoms with Crippen LogP contribution in [-0.4, -0.2) is 36.3 Å². The first-order chi connectivity index (χ1) is 9.22. The second-order valence-corrected chi connectivity index (χ2v) is 5.06. The largest absolute Gasteiger partial charge is 0.378 e. The third kappa shape index (κ3) is 3.80. The lowest BCUT2D eigenvalue weighted by molar-refractivity contribution is 0.108. The summed E-state index contributed by atoms with van der Waals surface area (Å²) in [5, 5.41) is 6.51. The van der Waals surface area contributed by atoms with Crippen LogP contribution >= 0.6 is 0 Å². The van der Waals surface area contributed by atoms with Crippen molar-refractivity contribution < 1.29 is 4.74 Å². The van der Waals surface area contributed by atoms with Crippen LogP contribution in [0.1, 0.15) is 32.5 Å². The fourth-order valence-corrected chi connectivity index (χ4v) is 2.33. The summed E-state index contributed by atoms with van der Waals surface area (Å²) in [6.45, 7) is 6.06. The summed E-state index contributed by atoms with van der Waals surface area (Å²) in [5.74, 6) is 3.24. The summed E-state index contributed by atoms with van der Waals surface area (Å²) in [6.07, 6.45) is 3.43. The van der Waals surface area contributed by atoms with E-state index < -0.39 is 0 Å². The summed E-state index contributed by atoms with van der Waals surface area (Å²) >= 11 is 0. The highest BCUT2D eigenvalue weighted by Gasteiger charge is 2.23. The van der Waals surface area contributed by atoms with E-state index in [1.165, 1.54) is 0 Å². The SMILES string of the molecule is CCCc1nc(NC)cc(NCC2CCOC2C)n1. The number of hydrogen-bond donors (Lipinski definition) is 2. The van der Waals surface area contributed by atoms with Gasteiger partial charge >= 0.3 is 0 Å². The quantitative estimate of drug-likeness (QED) is 0.825. The number of nitrogens with one attached hydrogen (secondary N) is 2. The van der Waals surface area contributed by atoms with Gasteiger partial charge in [-0.15, -0.1) is 0 Å². The molecule has 1 aromatic rings. The Hall–Kier alpha value is -1.36. The van der Waals surface area contributed by atoms with Crippen molar-refractivity contribution in [2.75, 3.05) is 30.8 Å². The molecule has 0 saturated carbocycles. The molecule has 106 valence electrons. The van der Waals surface area contributed by atoms with E-state index in [0.29, 0.717) is 12.0 Å². The molecule has 1 saturated heterocycles. The van der Waals surface area contributed by atoms with Crippen molar-refractivity contribution >= 4 is 11.6 Å². The zero-order chi connectivity index (χ0) is 13.7. The molecule has 2 atom stereocenters. The lowest BCUT2D eigenvalue weighted by Gasteiger charge is -2.16. The summed E-state index contributed by atoms with van der Waals surface area (Å²) in [5.41, 5.74) is 0. The van der Waals surface area contributed by atoms with Gasteiger partial charge in [0.1, 0.15) is 17.5 Å². The maximum atomic E-state index is 5.58. The van der Waals surface area contributed by atoms with Gasteiger partial charge in [-0.2, -0.15) is 0 Å². The predicted octanol–water partition coefficient (Wildman–Crippen LogP) is 2.31. The standard InChI is InChI=1S/C14H24N4O/c1-4-5-12-17-13(15-3)8-14(18-12)16-9-11-6-7-19-10(11)2/h8,10-11H,4-7,9H2,1-3H3,(H2,15,16,17,18). The third-order valence-electron chi connectivity index (χ3n) is 3.58. The smallest absolute Gasteiger partial charge is 0.133 e. The van der Waals surface area contributed by atoms with Crippen molar-refractivity contribution in [3.8, 4) is 0 Å². The summed E-state index contributed by atoms with van der Waals surface area (Å²) in [4.78, 5) is 9.00. The van der Waals surface area contributed by atoms with Crippen molar-refractivity contribution in [1.82, 2.24) is 9.97 Å². The number of aromatic nitrogens is 2. The van der Waals surface area contributed by atoms with Gasteiger partial charge in [-0.25, -0.2) is 9.97 Å². The van der Waals surface area contributed by atoms with Gasteiger partial charge in [0, 0.05) is 38.6 Å². The van der Waals surface area contributed by atoms with Crippen LogP contribution < -0.4 is 10.6 Å². The van der Waals surface area contributed by atoms with Crippen molar-refractivity contribution in [2.45, 2.75) is 39.2 Å². The van der Waals surface area contributed by atoms with Crippen molar-refractivity contribution in [2.24, 2.45) is 5.92 Å². The maximum Gasteiger partial charge on any atom is 0.133 e. The summed E-state index contributed by atoms with van der Waals surface area (Å²) < 4.78 is 5.58. The average Bonchev–Trinajstić information content (AvgIpc) is 2.82. The highest BCUT2D eigenvalue weighted by Crippen LogP contribution is 2.21. The molecule has 0 amide bonds. The molecule has 5 heteroatoms. The molecule has 0 spiro atoms. The normalized spacial score (nSPS) is 22.5. The van der Waals surface area contributed by atoms with Gasteiger partial charge in [0.25, 0.3) is 0 Å². The predicted molar refractivity (Wildman–Crippen MR) is 77.6 cm³/mol. The van der Waals surface area contributed by atoms with Crippen LogP contribution in [0.4, 0.5) is 11.6 Å². The van der Waals surface area contributed by atoms with Gasteiger partial charge < -0.3 is 15.4 Å². The van der Waals surface area contributed by atoms with Gasteiger partial charge in [-0.3, -0.25) is 0 Å². The van der Waals surface area contributed by atoms with Crippen molar-refractivity contribution in [3.05, 3.63) is 11.9 Å². The number of nitrogens with zero attached hydrogens (tertiary/aromatic N) is 2. The second-order valence-electron chi connectivity index (χ2n) is 5.06. The molecule has 1 aliphatic rings. The van der Waals surface area contributed by atoms with E-state index in [1.54, 1.807) is 0 Å². The molecule has 2 N–H and O–H groups in total. The van der Waals surface area contributed by atoms with Gasteiger partial charge in [-0.1, -0.05) is 6.92 Å². The van der Waals surface area contributed by atoms with E-state index in [0.717, 1.165) is 49.9 Å². The molecule has 0 aromatic carbocycles. The first-order valence-electron chi connectivity index (χ1n) is 7.14. The molecular formula is C14H24N4O. The molecule has 1 aliphatic heterocycles. The fourth-order valence-electron chi connectivity index (χ4n) is 2.33. The van der Waals surface area contributed by atoms with E-state index in [-0.39, 0.29) is 0 Å². The summed E-state index contributed by atoms with van der Waals surface area (Å²) in [6, 6.07) is 1.96. The highest BCUT2D eigenvalue weighted by atomic mass is 16.5. The lowest BCUT2D eigenvalue weighted by Crippen LogP contribution is -2.21. The number of rotatable bonds is 6. The van der Waals surface area contributed by atoms with Gasteiger partial charge in [0.2, 0.25) is 0 Å². The average molecular weight is 264 g/mol. The number of hydrogen-bond acceptors (Lipinski definition) is 5. The van der Waals surface area contributed by atoms with Crippen LogP contribution in [0.15, 0.2) is 6.07 Å². The molecule has 5 nitrogen and oxygen atoms in total. The fraction of sp³-hybridized carbons (Fsp3) is 0.714. The van der Waals surface area contributed by atoms with E-state index in [2.05, 4.69) is 34.4 Å². The van der Waals surface area contributed by atoms with E-state index in [4.69, 9.17) is 4.74 Å². The number of anilines is 2. The van der Waals surface area contributed by atoms with Crippen LogP contribution in [0.2, 0.25) is 0 Å². The maximum absolute atomic E-state index is 5.58. The Morgan fingerprint density at radius 3 is 2.79 bits per heavy atom. The molecule has 1 aromatic heterocycles. The van der Waals surface area contributed by atoms with Crippen LogP contribution in [-0.2, 0) is 11.2 Å². The van der Waals surface area contributed by atoms with Crippen LogP contribution in [0.25, 0.3) is 0 Å². The molecule has 0 radical (unpaired) electrons. The molecular weight excluding hydrogens is 240 g/mol. The van der Waals surface area contributed by atoms with E-state index >= 15 is 0 Å². The van der Waals surface area contributed by atoms with E-state index in [1.807, 2.05) is 13.1 Å². The van der Waals surface area contributed by atoms with Crippen LogP contribution in [0, 0.1) is 5.92 Å². The van der Waals surface area contributed by atoms with Crippen LogP contribution in [0.5, 0.6) is 0 Å². The Morgan fingerprint density at radius 1 is 1.37 bits per heavy atom. The molecule has 2 unspecified atom stereocenters. The Bertz CT molecular complexity index is 410. The molecule has 2 heterocycles. The first kappa shape index (κ1) is 14.1. The van der Waals surface area contributed by atoms with Crippen molar-refractivity contribution in [3.63, 3.8) is 0 Å². The zero-order valence-corrected chi connectivity index (χ0v) is 12.1. The van der Waals surface area contributed by atoms with Crippen LogP contribution in [0.3, 0.4) is 0 Å². The first-order valence-corrected chi connectivity index (χ1v) is 7.14. The van der Waals surface area contributed by atoms with Gasteiger partial charge in [0.05, 0.1) is 6.10 Å². The Morgan fingerprint density at radius 2 is 2.16 bits per heavy atom. The third-order valence-corrected chi connectivity index (χ3v) is 3.58. The number of aryl methyl sites for hydroxylation is 1. The molecule has 2 rings (SSSR count). The minimum absolute atomic E-state index is 0.341. The zero-order valence-electron chi connectivity index (χ0n) is 12.1. The Labute approximate surface area is 115 Å². The van der Waals surface area contributed by atoms with Crippen molar-refractivity contribution in [1.29, 1.82) is 0 Å². The Kier molecular flexibility index (Phi) is 4.96. The summed E-state index contributed by atoms with van der Waals surface area (Å²) in [7, 11) is 1.88. The lowest BCUT2D eigenvalue weighted by atomic mass is 10.0. The molecule has 0 bridgehead atoms. The highest BCUT2D eigenvalue weighted by molar-refractivity contribution is 5.47. The van der Waals surface area contributed by atoms with E-state index in [9.17, 15) is 0 Å². The Balaban J connectivity index is 2.00. The topological polar surface area (TPSA) is 59.1 Å². The minimum Gasteiger partial charge on any atom is -0.378 e.